The predicted octanol–water partition coefficient (Wildman–Crippen LogP) is 1.69. The SMILES string of the molecule is Cc1cc(N2CC(C)C(N)C2)ccc1[N+](=O)[O-]. The molecule has 0 amide bonds. The van der Waals surface area contributed by atoms with Crippen LogP contribution < -0.4 is 10.6 Å². The number of anilines is 1. The molecule has 1 aromatic rings. The molecule has 2 N–H and O–H groups in total. The summed E-state index contributed by atoms with van der Waals surface area (Å²) in [7, 11) is 0. The van der Waals surface area contributed by atoms with Crippen LogP contribution in [0.15, 0.2) is 18.2 Å². The molecule has 0 bridgehead atoms. The monoisotopic (exact) mass is 235 g/mol. The van der Waals surface area contributed by atoms with E-state index in [1.807, 2.05) is 6.07 Å². The minimum atomic E-state index is -0.350. The van der Waals surface area contributed by atoms with Gasteiger partial charge in [0.25, 0.3) is 5.69 Å². The Hall–Kier alpha value is -1.62. The Morgan fingerprint density at radius 2 is 2.18 bits per heavy atom. The topological polar surface area (TPSA) is 72.4 Å². The van der Waals surface area contributed by atoms with Gasteiger partial charge in [0.2, 0.25) is 0 Å². The minimum Gasteiger partial charge on any atom is -0.370 e. The number of nitro benzene ring substituents is 1. The van der Waals surface area contributed by atoms with Crippen LogP contribution in [0.2, 0.25) is 0 Å². The quantitative estimate of drug-likeness (QED) is 0.625. The molecule has 1 fully saturated rings. The second-order valence-corrected chi connectivity index (χ2v) is 4.77. The highest BCUT2D eigenvalue weighted by Gasteiger charge is 2.27. The van der Waals surface area contributed by atoms with Crippen molar-refractivity contribution in [2.75, 3.05) is 18.0 Å². The van der Waals surface area contributed by atoms with Crippen LogP contribution in [0, 0.1) is 23.0 Å². The van der Waals surface area contributed by atoms with E-state index in [1.54, 1.807) is 19.1 Å². The summed E-state index contributed by atoms with van der Waals surface area (Å²) in [5.74, 6) is 0.463. The normalized spacial score (nSPS) is 24.1. The van der Waals surface area contributed by atoms with Crippen molar-refractivity contribution in [3.05, 3.63) is 33.9 Å². The molecule has 0 aliphatic carbocycles. The van der Waals surface area contributed by atoms with Crippen LogP contribution in [0.25, 0.3) is 0 Å². The summed E-state index contributed by atoms with van der Waals surface area (Å²) < 4.78 is 0. The number of nitro groups is 1. The largest absolute Gasteiger partial charge is 0.370 e. The number of nitrogens with two attached hydrogens (primary N) is 1. The van der Waals surface area contributed by atoms with E-state index in [-0.39, 0.29) is 16.7 Å². The van der Waals surface area contributed by atoms with Gasteiger partial charge in [-0.05, 0) is 25.0 Å². The van der Waals surface area contributed by atoms with Gasteiger partial charge in [0, 0.05) is 36.4 Å². The molecule has 0 saturated carbocycles. The first kappa shape index (κ1) is 11.9. The van der Waals surface area contributed by atoms with Crippen molar-refractivity contribution in [3.63, 3.8) is 0 Å². The fraction of sp³-hybridized carbons (Fsp3) is 0.500. The molecule has 1 aliphatic heterocycles. The van der Waals surface area contributed by atoms with E-state index in [4.69, 9.17) is 5.73 Å². The number of hydrogen-bond acceptors (Lipinski definition) is 4. The number of hydrogen-bond donors (Lipinski definition) is 1. The van der Waals surface area contributed by atoms with Crippen LogP contribution in [0.3, 0.4) is 0 Å². The maximum Gasteiger partial charge on any atom is 0.272 e. The van der Waals surface area contributed by atoms with E-state index in [9.17, 15) is 10.1 Å². The Labute approximate surface area is 100 Å². The van der Waals surface area contributed by atoms with Gasteiger partial charge in [0.1, 0.15) is 0 Å². The average molecular weight is 235 g/mol. The van der Waals surface area contributed by atoms with E-state index in [0.717, 1.165) is 18.8 Å². The fourth-order valence-corrected chi connectivity index (χ4v) is 2.24. The van der Waals surface area contributed by atoms with Crippen LogP contribution in [0.4, 0.5) is 11.4 Å². The summed E-state index contributed by atoms with van der Waals surface area (Å²) >= 11 is 0. The second-order valence-electron chi connectivity index (χ2n) is 4.77. The third kappa shape index (κ3) is 2.24. The molecule has 0 aromatic heterocycles. The Morgan fingerprint density at radius 1 is 1.47 bits per heavy atom. The molecule has 2 unspecified atom stereocenters. The lowest BCUT2D eigenvalue weighted by Crippen LogP contribution is -2.28. The van der Waals surface area contributed by atoms with Crippen molar-refractivity contribution >= 4 is 11.4 Å². The van der Waals surface area contributed by atoms with Crippen molar-refractivity contribution in [1.82, 2.24) is 0 Å². The van der Waals surface area contributed by atoms with Gasteiger partial charge in [-0.25, -0.2) is 0 Å². The van der Waals surface area contributed by atoms with Crippen LogP contribution in [-0.4, -0.2) is 24.1 Å². The Balaban J connectivity index is 2.24. The number of rotatable bonds is 2. The molecule has 17 heavy (non-hydrogen) atoms. The molecule has 92 valence electrons. The van der Waals surface area contributed by atoms with Crippen molar-refractivity contribution in [1.29, 1.82) is 0 Å². The van der Waals surface area contributed by atoms with Crippen LogP contribution in [-0.2, 0) is 0 Å². The molecule has 5 heteroatoms. The van der Waals surface area contributed by atoms with E-state index in [2.05, 4.69) is 11.8 Å². The fourth-order valence-electron chi connectivity index (χ4n) is 2.24. The summed E-state index contributed by atoms with van der Waals surface area (Å²) in [4.78, 5) is 12.6. The Bertz CT molecular complexity index is 437. The summed E-state index contributed by atoms with van der Waals surface area (Å²) in [5, 5.41) is 10.7. The third-order valence-corrected chi connectivity index (χ3v) is 3.41. The van der Waals surface area contributed by atoms with Crippen LogP contribution >= 0.6 is 0 Å². The van der Waals surface area contributed by atoms with Crippen molar-refractivity contribution < 1.29 is 4.92 Å². The average Bonchev–Trinajstić information content (AvgIpc) is 2.58. The molecule has 0 radical (unpaired) electrons. The second kappa shape index (κ2) is 4.33. The van der Waals surface area contributed by atoms with Gasteiger partial charge in [-0.1, -0.05) is 6.92 Å². The number of nitrogens with zero attached hydrogens (tertiary/aromatic N) is 2. The van der Waals surface area contributed by atoms with Crippen LogP contribution in [0.1, 0.15) is 12.5 Å². The molecule has 5 nitrogen and oxygen atoms in total. The first-order chi connectivity index (χ1) is 7.99. The molecule has 1 heterocycles. The molecular formula is C12H17N3O2. The highest BCUT2D eigenvalue weighted by Crippen LogP contribution is 2.27. The van der Waals surface area contributed by atoms with Crippen molar-refractivity contribution in [2.45, 2.75) is 19.9 Å². The smallest absolute Gasteiger partial charge is 0.272 e. The third-order valence-electron chi connectivity index (χ3n) is 3.41. The molecule has 1 aromatic carbocycles. The van der Waals surface area contributed by atoms with E-state index in [1.165, 1.54) is 0 Å². The van der Waals surface area contributed by atoms with Gasteiger partial charge in [0.05, 0.1) is 4.92 Å². The van der Waals surface area contributed by atoms with Crippen molar-refractivity contribution in [2.24, 2.45) is 11.7 Å². The molecule has 1 aliphatic rings. The van der Waals surface area contributed by atoms with Gasteiger partial charge < -0.3 is 10.6 Å². The minimum absolute atomic E-state index is 0.172. The number of benzene rings is 1. The first-order valence-corrected chi connectivity index (χ1v) is 5.74. The Morgan fingerprint density at radius 3 is 2.65 bits per heavy atom. The summed E-state index contributed by atoms with van der Waals surface area (Å²) in [6.45, 7) is 5.63. The standard InChI is InChI=1S/C12H17N3O2/c1-8-5-10(3-4-12(8)15(16)17)14-6-9(2)11(13)7-14/h3-5,9,11H,6-7,13H2,1-2H3. The molecule has 1 saturated heterocycles. The van der Waals surface area contributed by atoms with Gasteiger partial charge in [-0.15, -0.1) is 0 Å². The van der Waals surface area contributed by atoms with Gasteiger partial charge in [-0.3, -0.25) is 10.1 Å². The van der Waals surface area contributed by atoms with Crippen LogP contribution in [0.5, 0.6) is 0 Å². The van der Waals surface area contributed by atoms with E-state index >= 15 is 0 Å². The van der Waals surface area contributed by atoms with E-state index < -0.39 is 0 Å². The highest BCUT2D eigenvalue weighted by molar-refractivity contribution is 5.56. The first-order valence-electron chi connectivity index (χ1n) is 5.74. The number of aryl methyl sites for hydroxylation is 1. The molecule has 0 spiro atoms. The lowest BCUT2D eigenvalue weighted by Gasteiger charge is -2.18. The predicted molar refractivity (Wildman–Crippen MR) is 67.2 cm³/mol. The zero-order valence-corrected chi connectivity index (χ0v) is 10.1. The van der Waals surface area contributed by atoms with Gasteiger partial charge in [-0.2, -0.15) is 0 Å². The van der Waals surface area contributed by atoms with Crippen molar-refractivity contribution in [3.8, 4) is 0 Å². The van der Waals surface area contributed by atoms with Gasteiger partial charge >= 0.3 is 0 Å². The Kier molecular flexibility index (Phi) is 3.02. The lowest BCUT2D eigenvalue weighted by molar-refractivity contribution is -0.385. The zero-order valence-electron chi connectivity index (χ0n) is 10.1. The molecule has 2 rings (SSSR count). The molecular weight excluding hydrogens is 218 g/mol. The lowest BCUT2D eigenvalue weighted by atomic mass is 10.1. The maximum atomic E-state index is 10.7. The summed E-state index contributed by atoms with van der Waals surface area (Å²) in [6, 6.07) is 5.42. The highest BCUT2D eigenvalue weighted by atomic mass is 16.6. The molecule has 2 atom stereocenters. The zero-order chi connectivity index (χ0) is 12.6. The summed E-state index contributed by atoms with van der Waals surface area (Å²) in [6.07, 6.45) is 0. The van der Waals surface area contributed by atoms with Gasteiger partial charge in [0.15, 0.2) is 0 Å². The maximum absolute atomic E-state index is 10.7. The van der Waals surface area contributed by atoms with E-state index in [0.29, 0.717) is 11.5 Å². The summed E-state index contributed by atoms with van der Waals surface area (Å²) in [5.41, 5.74) is 7.86.